The minimum Gasteiger partial charge on any atom is -0.309 e. The molecule has 0 unspecified atom stereocenters. The van der Waals surface area contributed by atoms with Gasteiger partial charge in [-0.05, 0) is 14.1 Å². The summed E-state index contributed by atoms with van der Waals surface area (Å²) in [5.41, 5.74) is 0. The zero-order valence-corrected chi connectivity index (χ0v) is 8.46. The average Bonchev–Trinajstić information content (AvgIpc) is 1.80. The van der Waals surface area contributed by atoms with Gasteiger partial charge in [0.25, 0.3) is 0 Å². The number of nitrogens with zero attached hydrogens (tertiary/aromatic N) is 1. The van der Waals surface area contributed by atoms with Crippen LogP contribution in [0.15, 0.2) is 0 Å². The molecule has 0 aliphatic rings. The SMILES string of the molecule is CN(C)CCSCCBr. The van der Waals surface area contributed by atoms with Crippen LogP contribution in [0.3, 0.4) is 0 Å². The fraction of sp³-hybridized carbons (Fsp3) is 1.00. The molecule has 0 saturated carbocycles. The fourth-order valence-corrected chi connectivity index (χ4v) is 1.90. The molecule has 0 N–H and O–H groups in total. The molecule has 0 aliphatic heterocycles. The molecule has 0 aliphatic carbocycles. The molecule has 1 nitrogen and oxygen atoms in total. The summed E-state index contributed by atoms with van der Waals surface area (Å²) in [5.74, 6) is 2.48. The van der Waals surface area contributed by atoms with Crippen molar-refractivity contribution in [1.82, 2.24) is 4.90 Å². The fourth-order valence-electron chi connectivity index (χ4n) is 0.404. The number of hydrogen-bond acceptors (Lipinski definition) is 2. The van der Waals surface area contributed by atoms with Crippen molar-refractivity contribution in [2.45, 2.75) is 0 Å². The van der Waals surface area contributed by atoms with E-state index in [0.29, 0.717) is 0 Å². The maximum Gasteiger partial charge on any atom is 0.0122 e. The first-order valence-corrected chi connectivity index (χ1v) is 5.33. The Morgan fingerprint density at radius 3 is 2.44 bits per heavy atom. The molecule has 0 atom stereocenters. The Morgan fingerprint density at radius 2 is 2.00 bits per heavy atom. The zero-order valence-electron chi connectivity index (χ0n) is 6.06. The van der Waals surface area contributed by atoms with Gasteiger partial charge in [-0.3, -0.25) is 0 Å². The first-order chi connectivity index (χ1) is 4.27. The highest BCUT2D eigenvalue weighted by Crippen LogP contribution is 2.00. The van der Waals surface area contributed by atoms with Gasteiger partial charge < -0.3 is 4.90 Å². The Kier molecular flexibility index (Phi) is 7.51. The number of thioether (sulfide) groups is 1. The van der Waals surface area contributed by atoms with Crippen molar-refractivity contribution in [2.75, 3.05) is 37.5 Å². The van der Waals surface area contributed by atoms with E-state index in [1.54, 1.807) is 0 Å². The number of alkyl halides is 1. The van der Waals surface area contributed by atoms with Crippen molar-refractivity contribution >= 4 is 27.7 Å². The van der Waals surface area contributed by atoms with Crippen LogP contribution < -0.4 is 0 Å². The molecule has 0 bridgehead atoms. The second-order valence-corrected chi connectivity index (χ2v) is 4.12. The molecule has 56 valence electrons. The smallest absolute Gasteiger partial charge is 0.0122 e. The van der Waals surface area contributed by atoms with Gasteiger partial charge in [0.05, 0.1) is 0 Å². The van der Waals surface area contributed by atoms with E-state index in [1.165, 1.54) is 18.1 Å². The van der Waals surface area contributed by atoms with E-state index in [9.17, 15) is 0 Å². The van der Waals surface area contributed by atoms with Gasteiger partial charge in [0, 0.05) is 23.4 Å². The highest BCUT2D eigenvalue weighted by atomic mass is 79.9. The van der Waals surface area contributed by atoms with E-state index < -0.39 is 0 Å². The van der Waals surface area contributed by atoms with Crippen LogP contribution in [0.5, 0.6) is 0 Å². The lowest BCUT2D eigenvalue weighted by Crippen LogP contribution is -2.15. The molecule has 0 aromatic rings. The van der Waals surface area contributed by atoms with Gasteiger partial charge in [-0.2, -0.15) is 11.8 Å². The Morgan fingerprint density at radius 1 is 1.33 bits per heavy atom. The third-order valence-corrected chi connectivity index (χ3v) is 2.79. The number of halogens is 1. The summed E-state index contributed by atoms with van der Waals surface area (Å²) in [5, 5.41) is 1.12. The summed E-state index contributed by atoms with van der Waals surface area (Å²) in [7, 11) is 4.21. The molecule has 0 amide bonds. The van der Waals surface area contributed by atoms with Crippen molar-refractivity contribution in [3.05, 3.63) is 0 Å². The third kappa shape index (κ3) is 8.79. The molecular formula is C6H14BrNS. The standard InChI is InChI=1S/C6H14BrNS/c1-8(2)4-6-9-5-3-7/h3-6H2,1-2H3. The van der Waals surface area contributed by atoms with Crippen LogP contribution >= 0.6 is 27.7 Å². The van der Waals surface area contributed by atoms with Gasteiger partial charge in [-0.15, -0.1) is 0 Å². The first-order valence-electron chi connectivity index (χ1n) is 3.06. The van der Waals surface area contributed by atoms with Crippen molar-refractivity contribution in [3.63, 3.8) is 0 Å². The van der Waals surface area contributed by atoms with Gasteiger partial charge in [0.1, 0.15) is 0 Å². The third-order valence-electron chi connectivity index (χ3n) is 0.904. The molecule has 0 aromatic carbocycles. The molecule has 0 radical (unpaired) electrons. The summed E-state index contributed by atoms with van der Waals surface area (Å²) >= 11 is 5.38. The van der Waals surface area contributed by atoms with Crippen molar-refractivity contribution < 1.29 is 0 Å². The maximum atomic E-state index is 3.38. The van der Waals surface area contributed by atoms with Gasteiger partial charge in [-0.25, -0.2) is 0 Å². The lowest BCUT2D eigenvalue weighted by molar-refractivity contribution is 0.437. The predicted octanol–water partition coefficient (Wildman–Crippen LogP) is 1.68. The zero-order chi connectivity index (χ0) is 7.11. The van der Waals surface area contributed by atoms with E-state index in [1.807, 2.05) is 11.8 Å². The topological polar surface area (TPSA) is 3.24 Å². The maximum absolute atomic E-state index is 3.38. The summed E-state index contributed by atoms with van der Waals surface area (Å²) in [6.45, 7) is 1.19. The van der Waals surface area contributed by atoms with E-state index in [2.05, 4.69) is 34.9 Å². The van der Waals surface area contributed by atoms with Crippen LogP contribution in [0.2, 0.25) is 0 Å². The minimum absolute atomic E-state index is 1.12. The molecule has 0 fully saturated rings. The summed E-state index contributed by atoms with van der Waals surface area (Å²) in [6.07, 6.45) is 0. The average molecular weight is 212 g/mol. The molecule has 0 spiro atoms. The number of rotatable bonds is 5. The van der Waals surface area contributed by atoms with Crippen molar-refractivity contribution in [2.24, 2.45) is 0 Å². The monoisotopic (exact) mass is 211 g/mol. The quantitative estimate of drug-likeness (QED) is 0.503. The van der Waals surface area contributed by atoms with E-state index >= 15 is 0 Å². The summed E-state index contributed by atoms with van der Waals surface area (Å²) in [6, 6.07) is 0. The van der Waals surface area contributed by atoms with Crippen LogP contribution in [0, 0.1) is 0 Å². The lowest BCUT2D eigenvalue weighted by atomic mass is 10.7. The molecular weight excluding hydrogens is 198 g/mol. The van der Waals surface area contributed by atoms with Crippen LogP contribution in [0.1, 0.15) is 0 Å². The van der Waals surface area contributed by atoms with Gasteiger partial charge in [-0.1, -0.05) is 15.9 Å². The minimum atomic E-state index is 1.12. The van der Waals surface area contributed by atoms with Gasteiger partial charge in [0.2, 0.25) is 0 Å². The highest BCUT2D eigenvalue weighted by molar-refractivity contribution is 9.09. The van der Waals surface area contributed by atoms with Crippen LogP contribution in [-0.2, 0) is 0 Å². The van der Waals surface area contributed by atoms with Crippen LogP contribution in [0.4, 0.5) is 0 Å². The Labute approximate surface area is 70.3 Å². The van der Waals surface area contributed by atoms with Gasteiger partial charge in [0.15, 0.2) is 0 Å². The summed E-state index contributed by atoms with van der Waals surface area (Å²) < 4.78 is 0. The molecule has 0 saturated heterocycles. The largest absolute Gasteiger partial charge is 0.309 e. The van der Waals surface area contributed by atoms with Crippen molar-refractivity contribution in [3.8, 4) is 0 Å². The van der Waals surface area contributed by atoms with Crippen LogP contribution in [0.25, 0.3) is 0 Å². The lowest BCUT2D eigenvalue weighted by Gasteiger charge is -2.07. The molecule has 9 heavy (non-hydrogen) atoms. The first kappa shape index (κ1) is 9.79. The predicted molar refractivity (Wildman–Crippen MR) is 49.7 cm³/mol. The normalized spacial score (nSPS) is 10.7. The Hall–Kier alpha value is 0.790. The Balaban J connectivity index is 2.75. The Bertz CT molecular complexity index is 59.0. The van der Waals surface area contributed by atoms with Crippen LogP contribution in [-0.4, -0.2) is 42.4 Å². The second kappa shape index (κ2) is 6.90. The molecule has 0 aromatic heterocycles. The summed E-state index contributed by atoms with van der Waals surface area (Å²) in [4.78, 5) is 2.21. The van der Waals surface area contributed by atoms with E-state index in [-0.39, 0.29) is 0 Å². The number of hydrogen-bond donors (Lipinski definition) is 0. The molecule has 3 heteroatoms. The molecule has 0 heterocycles. The van der Waals surface area contributed by atoms with Gasteiger partial charge >= 0.3 is 0 Å². The second-order valence-electron chi connectivity index (χ2n) is 2.10. The van der Waals surface area contributed by atoms with E-state index in [0.717, 1.165) is 5.33 Å². The van der Waals surface area contributed by atoms with E-state index in [4.69, 9.17) is 0 Å². The highest BCUT2D eigenvalue weighted by Gasteiger charge is 1.88. The van der Waals surface area contributed by atoms with Crippen molar-refractivity contribution in [1.29, 1.82) is 0 Å². The molecule has 0 rings (SSSR count).